The lowest BCUT2D eigenvalue weighted by Gasteiger charge is -2.17. The SMILES string of the molecule is [O-][Cl+3]([O-])([O-])[O-].[OH+]=c1c2ccccc2c2ccccc3cc(Cl)c1c32. The first-order valence-electron chi connectivity index (χ1n) is 6.76. The van der Waals surface area contributed by atoms with Crippen LogP contribution in [0.5, 0.6) is 0 Å². The predicted octanol–water partition coefficient (Wildman–Crippen LogP) is -0.514. The van der Waals surface area contributed by atoms with Crippen LogP contribution >= 0.6 is 11.6 Å². The molecule has 0 saturated carbocycles. The zero-order valence-electron chi connectivity index (χ0n) is 12.0. The van der Waals surface area contributed by atoms with E-state index in [0.717, 1.165) is 32.3 Å². The Morgan fingerprint density at radius 2 is 1.25 bits per heavy atom. The van der Waals surface area contributed by atoms with E-state index in [4.69, 9.17) is 30.2 Å². The van der Waals surface area contributed by atoms with Gasteiger partial charge in [0.25, 0.3) is 0 Å². The fourth-order valence-corrected chi connectivity index (χ4v) is 3.18. The summed E-state index contributed by atoms with van der Waals surface area (Å²) in [6, 6.07) is 17.9. The monoisotopic (exact) mass is 364 g/mol. The molecule has 4 aromatic rings. The van der Waals surface area contributed by atoms with Gasteiger partial charge in [0.05, 0.1) is 10.4 Å². The maximum absolute atomic E-state index is 10.5. The zero-order valence-corrected chi connectivity index (χ0v) is 13.5. The number of hydrogen-bond donors (Lipinski definition) is 0. The summed E-state index contributed by atoms with van der Waals surface area (Å²) in [5.41, 5.74) is 0.273. The third-order valence-corrected chi connectivity index (χ3v) is 3.99. The fourth-order valence-electron chi connectivity index (χ4n) is 2.88. The van der Waals surface area contributed by atoms with Crippen LogP contribution in [0, 0.1) is 10.2 Å². The van der Waals surface area contributed by atoms with Gasteiger partial charge in [0.15, 0.2) is 0 Å². The molecule has 0 aromatic heterocycles. The smallest absolute Gasteiger partial charge is 0.273 e. The molecule has 0 heterocycles. The van der Waals surface area contributed by atoms with Crippen LogP contribution in [-0.2, 0) is 0 Å². The topological polar surface area (TPSA) is 114 Å². The highest BCUT2D eigenvalue weighted by atomic mass is 35.7. The van der Waals surface area contributed by atoms with Crippen LogP contribution < -0.4 is 24.1 Å². The molecule has 4 aromatic carbocycles. The van der Waals surface area contributed by atoms with E-state index >= 15 is 0 Å². The van der Waals surface area contributed by atoms with E-state index in [0.29, 0.717) is 5.02 Å². The second-order valence-corrected chi connectivity index (χ2v) is 6.26. The van der Waals surface area contributed by atoms with E-state index in [9.17, 15) is 4.79 Å². The number of hydrogen-bond acceptors (Lipinski definition) is 4. The van der Waals surface area contributed by atoms with Gasteiger partial charge in [-0.15, -0.1) is 10.2 Å². The summed E-state index contributed by atoms with van der Waals surface area (Å²) >= 11 is 6.30. The predicted molar refractivity (Wildman–Crippen MR) is 80.2 cm³/mol. The molecule has 122 valence electrons. The van der Waals surface area contributed by atoms with Gasteiger partial charge in [-0.3, -0.25) is 4.79 Å². The third-order valence-electron chi connectivity index (χ3n) is 3.69. The number of fused-ring (bicyclic) bond motifs is 2. The van der Waals surface area contributed by atoms with Crippen LogP contribution in [0.1, 0.15) is 0 Å². The molecule has 7 heteroatoms. The molecule has 0 atom stereocenters. The van der Waals surface area contributed by atoms with Crippen LogP contribution in [0.4, 0.5) is 0 Å². The van der Waals surface area contributed by atoms with Crippen LogP contribution in [-0.4, -0.2) is 4.79 Å². The lowest BCUT2D eigenvalue weighted by Crippen LogP contribution is -2.68. The second kappa shape index (κ2) is 6.14. The Labute approximate surface area is 143 Å². The van der Waals surface area contributed by atoms with Crippen molar-refractivity contribution in [3.8, 4) is 0 Å². The number of benzene rings is 2. The molecule has 0 unspecified atom stereocenters. The standard InChI is InChI=1S/C17H9ClO.ClHO4/c18-14-9-10-5-1-2-7-12-11-6-3-4-8-13(11)17(19)16(14)15(10)12;2-1(3,4)5/h1-9H;(H,2,3,4,5). The lowest BCUT2D eigenvalue weighted by atomic mass is 10.0. The maximum Gasteiger partial charge on any atom is 0.357 e. The quantitative estimate of drug-likeness (QED) is 0.390. The minimum Gasteiger partial charge on any atom is -0.273 e. The van der Waals surface area contributed by atoms with Crippen molar-refractivity contribution in [2.24, 2.45) is 0 Å². The van der Waals surface area contributed by atoms with Gasteiger partial charge < -0.3 is 0 Å². The Balaban J connectivity index is 0.000000300. The molecule has 0 aliphatic heterocycles. The maximum atomic E-state index is 10.5. The van der Waals surface area contributed by atoms with E-state index < -0.39 is 10.2 Å². The molecule has 0 fully saturated rings. The van der Waals surface area contributed by atoms with Gasteiger partial charge in [0, 0.05) is 5.39 Å². The highest BCUT2D eigenvalue weighted by Crippen LogP contribution is 2.35. The highest BCUT2D eigenvalue weighted by molar-refractivity contribution is 6.40. The molecule has 5 nitrogen and oxygen atoms in total. The van der Waals surface area contributed by atoms with Gasteiger partial charge in [-0.2, -0.15) is 0 Å². The summed E-state index contributed by atoms with van der Waals surface area (Å²) in [5.74, 6) is 0. The summed E-state index contributed by atoms with van der Waals surface area (Å²) in [5, 5.41) is 6.46. The summed E-state index contributed by atoms with van der Waals surface area (Å²) < 4.78 is 34.0. The van der Waals surface area contributed by atoms with Crippen molar-refractivity contribution in [3.05, 3.63) is 65.0 Å². The average Bonchev–Trinajstić information content (AvgIpc) is 2.68. The first-order valence-corrected chi connectivity index (χ1v) is 8.37. The summed E-state index contributed by atoms with van der Waals surface area (Å²) in [6.45, 7) is 0. The van der Waals surface area contributed by atoms with Gasteiger partial charge in [0.1, 0.15) is 5.39 Å². The Kier molecular flexibility index (Phi) is 4.31. The van der Waals surface area contributed by atoms with Crippen LogP contribution in [0.2, 0.25) is 5.02 Å². The van der Waals surface area contributed by atoms with E-state index in [1.165, 1.54) is 0 Å². The highest BCUT2D eigenvalue weighted by Gasteiger charge is 2.18. The van der Waals surface area contributed by atoms with Crippen LogP contribution in [0.15, 0.2) is 54.6 Å². The van der Waals surface area contributed by atoms with E-state index in [2.05, 4.69) is 6.07 Å². The van der Waals surface area contributed by atoms with Gasteiger partial charge in [-0.1, -0.05) is 54.1 Å². The minimum atomic E-state index is -4.94. The molecule has 0 bridgehead atoms. The molecule has 4 rings (SSSR count). The second-order valence-electron chi connectivity index (χ2n) is 5.10. The van der Waals surface area contributed by atoms with Crippen molar-refractivity contribution in [1.82, 2.24) is 0 Å². The van der Waals surface area contributed by atoms with Crippen LogP contribution in [0.3, 0.4) is 0 Å². The first kappa shape index (κ1) is 16.9. The molecule has 0 amide bonds. The largest absolute Gasteiger partial charge is 0.357 e. The third kappa shape index (κ3) is 3.14. The van der Waals surface area contributed by atoms with Gasteiger partial charge in [-0.25, -0.2) is 18.6 Å². The van der Waals surface area contributed by atoms with Crippen molar-refractivity contribution in [2.75, 3.05) is 0 Å². The molecular weight excluding hydrogens is 355 g/mol. The molecular formula is C17H10Cl2O5. The first-order chi connectivity index (χ1) is 11.3. The van der Waals surface area contributed by atoms with Crippen molar-refractivity contribution in [3.63, 3.8) is 0 Å². The van der Waals surface area contributed by atoms with Gasteiger partial charge in [0.2, 0.25) is 0 Å². The van der Waals surface area contributed by atoms with E-state index in [-0.39, 0.29) is 5.43 Å². The fraction of sp³-hybridized carbons (Fsp3) is 0. The number of halogens is 2. The minimum absolute atomic E-state index is 0.273. The van der Waals surface area contributed by atoms with Crippen molar-refractivity contribution < 1.29 is 33.7 Å². The van der Waals surface area contributed by atoms with Gasteiger partial charge in [-0.05, 0) is 28.3 Å². The Bertz CT molecular complexity index is 1080. The molecule has 0 aliphatic carbocycles. The molecule has 24 heavy (non-hydrogen) atoms. The zero-order chi connectivity index (χ0) is 17.5. The Morgan fingerprint density at radius 3 is 1.88 bits per heavy atom. The van der Waals surface area contributed by atoms with E-state index in [1.807, 2.05) is 48.5 Å². The van der Waals surface area contributed by atoms with Crippen molar-refractivity contribution in [2.45, 2.75) is 0 Å². The summed E-state index contributed by atoms with van der Waals surface area (Å²) in [7, 11) is -4.94. The molecule has 1 N–H and O–H groups in total. The normalized spacial score (nSPS) is 11.7. The Hall–Kier alpha value is -1.99. The van der Waals surface area contributed by atoms with Gasteiger partial charge >= 0.3 is 5.43 Å². The average molecular weight is 365 g/mol. The summed E-state index contributed by atoms with van der Waals surface area (Å²) in [6.07, 6.45) is 0. The molecule has 0 radical (unpaired) electrons. The Morgan fingerprint density at radius 1 is 0.750 bits per heavy atom. The lowest BCUT2D eigenvalue weighted by molar-refractivity contribution is -2.00. The number of rotatable bonds is 0. The molecule has 0 aliphatic rings. The summed E-state index contributed by atoms with van der Waals surface area (Å²) in [4.78, 5) is 10.5. The van der Waals surface area contributed by atoms with E-state index in [1.54, 1.807) is 0 Å². The molecule has 0 saturated heterocycles. The molecule has 0 spiro atoms. The van der Waals surface area contributed by atoms with Crippen molar-refractivity contribution in [1.29, 1.82) is 0 Å². The van der Waals surface area contributed by atoms with Crippen LogP contribution in [0.25, 0.3) is 32.3 Å². The van der Waals surface area contributed by atoms with Crippen molar-refractivity contribution >= 4 is 43.9 Å².